The molecule has 5 rings (SSSR count). The zero-order valence-corrected chi connectivity index (χ0v) is 17.4. The summed E-state index contributed by atoms with van der Waals surface area (Å²) in [6.07, 6.45) is 2.53. The van der Waals surface area contributed by atoms with Crippen molar-refractivity contribution in [2.24, 2.45) is 9.98 Å². The highest BCUT2D eigenvalue weighted by Crippen LogP contribution is 2.31. The summed E-state index contributed by atoms with van der Waals surface area (Å²) in [4.78, 5) is 31.1. The Balaban J connectivity index is 1.34. The zero-order valence-electron chi connectivity index (χ0n) is 16.6. The number of thioether (sulfide) groups is 1. The molecular formula is C22H23N5OS. The van der Waals surface area contributed by atoms with E-state index in [2.05, 4.69) is 51.0 Å². The monoisotopic (exact) mass is 405 g/mol. The van der Waals surface area contributed by atoms with Gasteiger partial charge >= 0.3 is 0 Å². The van der Waals surface area contributed by atoms with Gasteiger partial charge in [0.25, 0.3) is 0 Å². The molecule has 1 saturated heterocycles. The van der Waals surface area contributed by atoms with Crippen molar-refractivity contribution in [3.8, 4) is 0 Å². The topological polar surface area (TPSA) is 61.2 Å². The average Bonchev–Trinajstić information content (AvgIpc) is 3.17. The maximum absolute atomic E-state index is 12.5. The molecule has 0 unspecified atom stereocenters. The van der Waals surface area contributed by atoms with Gasteiger partial charge < -0.3 is 9.80 Å². The first-order valence-corrected chi connectivity index (χ1v) is 10.9. The molecular weight excluding hydrogens is 382 g/mol. The predicted octanol–water partition coefficient (Wildman–Crippen LogP) is 3.41. The van der Waals surface area contributed by atoms with Crippen LogP contribution in [0.2, 0.25) is 0 Å². The number of rotatable bonds is 3. The number of carbonyl (C=O) groups excluding carboxylic acids is 1. The van der Waals surface area contributed by atoms with E-state index in [4.69, 9.17) is 4.99 Å². The van der Waals surface area contributed by atoms with Crippen molar-refractivity contribution in [3.63, 3.8) is 0 Å². The van der Waals surface area contributed by atoms with Crippen LogP contribution < -0.4 is 4.90 Å². The predicted molar refractivity (Wildman–Crippen MR) is 120 cm³/mol. The lowest BCUT2D eigenvalue weighted by atomic mass is 10.1. The average molecular weight is 406 g/mol. The third-order valence-electron chi connectivity index (χ3n) is 5.56. The Bertz CT molecular complexity index is 1080. The summed E-state index contributed by atoms with van der Waals surface area (Å²) in [6, 6.07) is 10.1. The van der Waals surface area contributed by atoms with Crippen LogP contribution >= 0.6 is 11.8 Å². The Morgan fingerprint density at radius 1 is 1.14 bits per heavy atom. The maximum Gasteiger partial charge on any atom is 0.190 e. The number of ketones is 1. The highest BCUT2D eigenvalue weighted by molar-refractivity contribution is 8.27. The van der Waals surface area contributed by atoms with E-state index in [1.54, 1.807) is 17.8 Å². The quantitative estimate of drug-likeness (QED) is 0.783. The summed E-state index contributed by atoms with van der Waals surface area (Å²) >= 11 is 1.56. The normalized spacial score (nSPS) is 21.8. The van der Waals surface area contributed by atoms with Crippen molar-refractivity contribution < 1.29 is 4.79 Å². The van der Waals surface area contributed by atoms with E-state index in [1.165, 1.54) is 11.1 Å². The molecule has 0 N–H and O–H groups in total. The molecule has 7 heteroatoms. The molecule has 0 amide bonds. The van der Waals surface area contributed by atoms with E-state index in [9.17, 15) is 4.79 Å². The molecule has 1 fully saturated rings. The molecule has 0 radical (unpaired) electrons. The second kappa shape index (κ2) is 7.30. The number of hydrogen-bond acceptors (Lipinski definition) is 7. The van der Waals surface area contributed by atoms with Gasteiger partial charge in [0.1, 0.15) is 10.9 Å². The Morgan fingerprint density at radius 2 is 1.90 bits per heavy atom. The molecule has 148 valence electrons. The van der Waals surface area contributed by atoms with Crippen molar-refractivity contribution >= 4 is 44.2 Å². The standard InChI is InChI=1S/C22H23N5OS/c1-3-20-25-21-18(28)13-19(24-22(21)29-20)27-10-8-26(9-11-27)17-12-14(2)23-16-7-5-4-6-15(16)17/h4-7,12-13,21H,3,8-11H2,1-2H3/t21-/m0/s1. The Hall–Kier alpha value is -2.67. The van der Waals surface area contributed by atoms with Crippen molar-refractivity contribution in [2.75, 3.05) is 31.1 Å². The number of fused-ring (bicyclic) bond motifs is 2. The van der Waals surface area contributed by atoms with Crippen LogP contribution in [-0.4, -0.2) is 58.0 Å². The summed E-state index contributed by atoms with van der Waals surface area (Å²) in [5.41, 5.74) is 3.30. The van der Waals surface area contributed by atoms with Gasteiger partial charge in [0.15, 0.2) is 11.8 Å². The third kappa shape index (κ3) is 3.33. The van der Waals surface area contributed by atoms with Crippen LogP contribution in [0.4, 0.5) is 5.69 Å². The number of carbonyl (C=O) groups is 1. The van der Waals surface area contributed by atoms with Gasteiger partial charge in [-0.15, -0.1) is 0 Å². The highest BCUT2D eigenvalue weighted by Gasteiger charge is 2.35. The number of hydrogen-bond donors (Lipinski definition) is 0. The number of piperazine rings is 1. The Labute approximate surface area is 174 Å². The fourth-order valence-electron chi connectivity index (χ4n) is 4.07. The van der Waals surface area contributed by atoms with Crippen LogP contribution in [0.25, 0.3) is 10.9 Å². The zero-order chi connectivity index (χ0) is 20.0. The highest BCUT2D eigenvalue weighted by atomic mass is 32.2. The van der Waals surface area contributed by atoms with E-state index in [-0.39, 0.29) is 5.78 Å². The molecule has 3 aliphatic rings. The number of aryl methyl sites for hydroxylation is 1. The summed E-state index contributed by atoms with van der Waals surface area (Å²) in [5.74, 6) is 0.843. The number of nitrogens with zero attached hydrogens (tertiary/aromatic N) is 5. The van der Waals surface area contributed by atoms with Crippen LogP contribution in [0.5, 0.6) is 0 Å². The van der Waals surface area contributed by atoms with Crippen LogP contribution in [0, 0.1) is 6.92 Å². The van der Waals surface area contributed by atoms with Crippen LogP contribution in [-0.2, 0) is 4.79 Å². The SMILES string of the molecule is CCC1=N[C@H]2C(=O)C=C(N3CCN(c4cc(C)nc5ccccc45)CC3)N=C2S1. The lowest BCUT2D eigenvalue weighted by molar-refractivity contribution is -0.114. The van der Waals surface area contributed by atoms with E-state index < -0.39 is 6.04 Å². The molecule has 1 aromatic heterocycles. The van der Waals surface area contributed by atoms with Crippen molar-refractivity contribution in [1.82, 2.24) is 9.88 Å². The van der Waals surface area contributed by atoms with Gasteiger partial charge in [-0.1, -0.05) is 36.9 Å². The molecule has 0 aliphatic carbocycles. The van der Waals surface area contributed by atoms with E-state index in [1.807, 2.05) is 13.0 Å². The van der Waals surface area contributed by atoms with Crippen LogP contribution in [0.3, 0.4) is 0 Å². The fourth-order valence-corrected chi connectivity index (χ4v) is 5.04. The van der Waals surface area contributed by atoms with Crippen molar-refractivity contribution in [3.05, 3.63) is 47.9 Å². The molecule has 0 bridgehead atoms. The second-order valence-corrected chi connectivity index (χ2v) is 8.60. The molecule has 2 aromatic rings. The number of pyridine rings is 1. The fraction of sp³-hybridized carbons (Fsp3) is 0.364. The lowest BCUT2D eigenvalue weighted by Gasteiger charge is -2.38. The summed E-state index contributed by atoms with van der Waals surface area (Å²) in [5, 5.41) is 3.03. The molecule has 6 nitrogen and oxygen atoms in total. The summed E-state index contributed by atoms with van der Waals surface area (Å²) in [7, 11) is 0. The smallest absolute Gasteiger partial charge is 0.190 e. The van der Waals surface area contributed by atoms with Gasteiger partial charge in [0, 0.05) is 49.0 Å². The first-order valence-electron chi connectivity index (χ1n) is 10.1. The molecule has 0 saturated carbocycles. The van der Waals surface area contributed by atoms with Gasteiger partial charge in [-0.05, 0) is 25.5 Å². The first kappa shape index (κ1) is 18.4. The number of para-hydroxylation sites is 1. The molecule has 0 spiro atoms. The summed E-state index contributed by atoms with van der Waals surface area (Å²) in [6.45, 7) is 7.55. The molecule has 1 aromatic carbocycles. The Kier molecular flexibility index (Phi) is 4.62. The Morgan fingerprint density at radius 3 is 2.69 bits per heavy atom. The van der Waals surface area contributed by atoms with E-state index >= 15 is 0 Å². The number of anilines is 1. The lowest BCUT2D eigenvalue weighted by Crippen LogP contribution is -2.46. The van der Waals surface area contributed by atoms with E-state index in [0.29, 0.717) is 0 Å². The third-order valence-corrected chi connectivity index (χ3v) is 6.72. The van der Waals surface area contributed by atoms with Crippen LogP contribution in [0.1, 0.15) is 19.0 Å². The molecule has 3 aliphatic heterocycles. The van der Waals surface area contributed by atoms with Crippen molar-refractivity contribution in [1.29, 1.82) is 0 Å². The number of aliphatic imine (C=N–C) groups is 2. The van der Waals surface area contributed by atoms with Gasteiger partial charge in [0.05, 0.1) is 10.6 Å². The van der Waals surface area contributed by atoms with Gasteiger partial charge in [0.2, 0.25) is 0 Å². The minimum absolute atomic E-state index is 0.0548. The van der Waals surface area contributed by atoms with Gasteiger partial charge in [-0.3, -0.25) is 14.8 Å². The number of aromatic nitrogens is 1. The molecule has 4 heterocycles. The largest absolute Gasteiger partial charge is 0.367 e. The molecule has 1 atom stereocenters. The second-order valence-electron chi connectivity index (χ2n) is 7.51. The molecule has 29 heavy (non-hydrogen) atoms. The van der Waals surface area contributed by atoms with E-state index in [0.717, 1.165) is 59.7 Å². The van der Waals surface area contributed by atoms with Gasteiger partial charge in [-0.25, -0.2) is 4.99 Å². The summed E-state index contributed by atoms with van der Waals surface area (Å²) < 4.78 is 0. The maximum atomic E-state index is 12.5. The number of benzene rings is 1. The minimum atomic E-state index is -0.397. The minimum Gasteiger partial charge on any atom is -0.367 e. The van der Waals surface area contributed by atoms with Crippen molar-refractivity contribution in [2.45, 2.75) is 26.3 Å². The van der Waals surface area contributed by atoms with Gasteiger partial charge in [-0.2, -0.15) is 0 Å². The van der Waals surface area contributed by atoms with Crippen LogP contribution in [0.15, 0.2) is 52.2 Å². The first-order chi connectivity index (χ1) is 14.1.